The van der Waals surface area contributed by atoms with Crippen LogP contribution >= 0.6 is 22.6 Å². The lowest BCUT2D eigenvalue weighted by Crippen LogP contribution is -2.25. The first-order valence-corrected chi connectivity index (χ1v) is 7.85. The Bertz CT molecular complexity index is 474. The second-order valence-electron chi connectivity index (χ2n) is 4.73. The van der Waals surface area contributed by atoms with Crippen LogP contribution in [0, 0.1) is 10.5 Å². The number of amides is 1. The van der Waals surface area contributed by atoms with Gasteiger partial charge in [0.05, 0.1) is 0 Å². The van der Waals surface area contributed by atoms with Crippen molar-refractivity contribution < 1.29 is 14.7 Å². The number of rotatable bonds is 8. The Balaban J connectivity index is 2.24. The number of carbonyl (C=O) groups is 2. The average molecular weight is 389 g/mol. The molecule has 5 heteroatoms. The van der Waals surface area contributed by atoms with Crippen molar-refractivity contribution in [3.63, 3.8) is 0 Å². The second kappa shape index (κ2) is 8.94. The van der Waals surface area contributed by atoms with E-state index in [2.05, 4.69) is 27.9 Å². The fourth-order valence-electron chi connectivity index (χ4n) is 1.91. The quantitative estimate of drug-likeness (QED) is 0.529. The van der Waals surface area contributed by atoms with E-state index in [9.17, 15) is 9.59 Å². The highest BCUT2D eigenvalue weighted by molar-refractivity contribution is 14.1. The number of benzene rings is 1. The second-order valence-corrected chi connectivity index (χ2v) is 5.89. The first kappa shape index (κ1) is 16.9. The van der Waals surface area contributed by atoms with Gasteiger partial charge in [0.2, 0.25) is 0 Å². The Morgan fingerprint density at radius 3 is 2.60 bits per heavy atom. The van der Waals surface area contributed by atoms with Crippen molar-refractivity contribution in [2.24, 2.45) is 0 Å². The molecule has 1 amide bonds. The van der Waals surface area contributed by atoms with E-state index in [0.29, 0.717) is 13.0 Å². The largest absolute Gasteiger partial charge is 0.481 e. The van der Waals surface area contributed by atoms with Gasteiger partial charge in [0.1, 0.15) is 0 Å². The monoisotopic (exact) mass is 389 g/mol. The Kier molecular flexibility index (Phi) is 7.58. The summed E-state index contributed by atoms with van der Waals surface area (Å²) in [5.41, 5.74) is 1.73. The molecule has 0 bridgehead atoms. The van der Waals surface area contributed by atoms with E-state index in [-0.39, 0.29) is 12.3 Å². The third-order valence-electron chi connectivity index (χ3n) is 3.12. The maximum absolute atomic E-state index is 12.0. The van der Waals surface area contributed by atoms with Crippen LogP contribution < -0.4 is 5.32 Å². The van der Waals surface area contributed by atoms with Crippen LogP contribution in [0.15, 0.2) is 18.2 Å². The third kappa shape index (κ3) is 5.90. The van der Waals surface area contributed by atoms with E-state index in [1.54, 1.807) is 0 Å². The average Bonchev–Trinajstić information content (AvgIpc) is 2.40. The molecule has 110 valence electrons. The van der Waals surface area contributed by atoms with Crippen molar-refractivity contribution in [1.29, 1.82) is 0 Å². The smallest absolute Gasteiger partial charge is 0.303 e. The molecule has 0 saturated heterocycles. The van der Waals surface area contributed by atoms with Crippen LogP contribution in [0.2, 0.25) is 0 Å². The zero-order valence-corrected chi connectivity index (χ0v) is 13.8. The van der Waals surface area contributed by atoms with Gasteiger partial charge < -0.3 is 10.4 Å². The first-order valence-electron chi connectivity index (χ1n) is 6.77. The van der Waals surface area contributed by atoms with Gasteiger partial charge >= 0.3 is 5.97 Å². The maximum atomic E-state index is 12.0. The highest BCUT2D eigenvalue weighted by Gasteiger charge is 2.09. The zero-order chi connectivity index (χ0) is 15.0. The van der Waals surface area contributed by atoms with Crippen LogP contribution in [0.1, 0.15) is 48.0 Å². The minimum atomic E-state index is -0.743. The number of carboxylic acids is 1. The van der Waals surface area contributed by atoms with Crippen LogP contribution in [0.4, 0.5) is 0 Å². The molecule has 0 aliphatic carbocycles. The third-order valence-corrected chi connectivity index (χ3v) is 4.28. The summed E-state index contributed by atoms with van der Waals surface area (Å²) < 4.78 is 1.09. The van der Waals surface area contributed by atoms with Crippen LogP contribution in [0.25, 0.3) is 0 Å². The molecule has 0 aliphatic heterocycles. The summed E-state index contributed by atoms with van der Waals surface area (Å²) in [5.74, 6) is -0.779. The molecule has 2 N–H and O–H groups in total. The van der Waals surface area contributed by atoms with Gasteiger partial charge in [0, 0.05) is 22.1 Å². The van der Waals surface area contributed by atoms with Crippen molar-refractivity contribution in [2.75, 3.05) is 6.54 Å². The molecular formula is C15H20INO3. The molecule has 0 radical (unpaired) electrons. The summed E-state index contributed by atoms with van der Waals surface area (Å²) in [6, 6.07) is 5.70. The van der Waals surface area contributed by atoms with Gasteiger partial charge in [0.15, 0.2) is 0 Å². The molecule has 20 heavy (non-hydrogen) atoms. The van der Waals surface area contributed by atoms with E-state index < -0.39 is 5.97 Å². The Morgan fingerprint density at radius 2 is 1.90 bits per heavy atom. The number of carboxylic acid groups (broad SMARTS) is 1. The predicted molar refractivity (Wildman–Crippen MR) is 87.0 cm³/mol. The van der Waals surface area contributed by atoms with E-state index in [1.165, 1.54) is 0 Å². The van der Waals surface area contributed by atoms with Crippen molar-refractivity contribution >= 4 is 34.5 Å². The topological polar surface area (TPSA) is 66.4 Å². The number of nitrogens with one attached hydrogen (secondary N) is 1. The van der Waals surface area contributed by atoms with Gasteiger partial charge in [-0.2, -0.15) is 0 Å². The van der Waals surface area contributed by atoms with Crippen LogP contribution in [-0.4, -0.2) is 23.5 Å². The number of carbonyl (C=O) groups excluding carboxylic acids is 1. The molecule has 0 saturated carbocycles. The highest BCUT2D eigenvalue weighted by atomic mass is 127. The maximum Gasteiger partial charge on any atom is 0.303 e. The number of halogens is 1. The van der Waals surface area contributed by atoms with Crippen molar-refractivity contribution in [3.05, 3.63) is 32.9 Å². The van der Waals surface area contributed by atoms with E-state index in [0.717, 1.165) is 34.0 Å². The molecule has 0 unspecified atom stereocenters. The molecule has 1 rings (SSSR count). The Hall–Kier alpha value is -1.11. The lowest BCUT2D eigenvalue weighted by molar-refractivity contribution is -0.137. The summed E-state index contributed by atoms with van der Waals surface area (Å²) >= 11 is 2.22. The van der Waals surface area contributed by atoms with Crippen LogP contribution in [0.3, 0.4) is 0 Å². The van der Waals surface area contributed by atoms with Gasteiger partial charge in [0.25, 0.3) is 5.91 Å². The Labute approximate surface area is 133 Å². The van der Waals surface area contributed by atoms with Crippen LogP contribution in [-0.2, 0) is 4.79 Å². The SMILES string of the molecule is Cc1c(I)cccc1C(=O)NCCCCCCC(=O)O. The van der Waals surface area contributed by atoms with Gasteiger partial charge in [-0.05, 0) is 60.1 Å². The zero-order valence-electron chi connectivity index (χ0n) is 11.6. The minimum Gasteiger partial charge on any atom is -0.481 e. The van der Waals surface area contributed by atoms with Crippen LogP contribution in [0.5, 0.6) is 0 Å². The normalized spacial score (nSPS) is 10.3. The van der Waals surface area contributed by atoms with Crippen molar-refractivity contribution in [1.82, 2.24) is 5.32 Å². The molecule has 0 fully saturated rings. The molecule has 1 aromatic carbocycles. The predicted octanol–water partition coefficient (Wildman–Crippen LogP) is 3.36. The van der Waals surface area contributed by atoms with Gasteiger partial charge in [-0.15, -0.1) is 0 Å². The van der Waals surface area contributed by atoms with E-state index >= 15 is 0 Å². The van der Waals surface area contributed by atoms with E-state index in [4.69, 9.17) is 5.11 Å². The molecule has 4 nitrogen and oxygen atoms in total. The van der Waals surface area contributed by atoms with Crippen molar-refractivity contribution in [3.8, 4) is 0 Å². The highest BCUT2D eigenvalue weighted by Crippen LogP contribution is 2.15. The molecule has 0 atom stereocenters. The minimum absolute atomic E-state index is 0.0356. The summed E-state index contributed by atoms with van der Waals surface area (Å²) in [5, 5.41) is 11.4. The fourth-order valence-corrected chi connectivity index (χ4v) is 2.40. The summed E-state index contributed by atoms with van der Waals surface area (Å²) in [6.45, 7) is 2.58. The Morgan fingerprint density at radius 1 is 1.20 bits per heavy atom. The fraction of sp³-hybridized carbons (Fsp3) is 0.467. The molecule has 0 aromatic heterocycles. The summed E-state index contributed by atoms with van der Waals surface area (Å²) in [7, 11) is 0. The first-order chi connectivity index (χ1) is 9.52. The number of aliphatic carboxylic acids is 1. The lowest BCUT2D eigenvalue weighted by atomic mass is 10.1. The standard InChI is InChI=1S/C15H20INO3/c1-11-12(7-6-8-13(11)16)15(20)17-10-5-3-2-4-9-14(18)19/h6-8H,2-5,9-10H2,1H3,(H,17,20)(H,18,19). The van der Waals surface area contributed by atoms with Gasteiger partial charge in [-0.3, -0.25) is 9.59 Å². The number of hydrogen-bond acceptors (Lipinski definition) is 2. The number of unbranched alkanes of at least 4 members (excludes halogenated alkanes) is 3. The number of hydrogen-bond donors (Lipinski definition) is 2. The summed E-state index contributed by atoms with van der Waals surface area (Å²) in [4.78, 5) is 22.3. The molecule has 0 spiro atoms. The van der Waals surface area contributed by atoms with Crippen molar-refractivity contribution in [2.45, 2.75) is 39.0 Å². The summed E-state index contributed by atoms with van der Waals surface area (Å²) in [6.07, 6.45) is 3.66. The molecule has 0 aliphatic rings. The molecular weight excluding hydrogens is 369 g/mol. The van der Waals surface area contributed by atoms with E-state index in [1.807, 2.05) is 25.1 Å². The van der Waals surface area contributed by atoms with Gasteiger partial charge in [-0.1, -0.05) is 18.9 Å². The molecule has 0 heterocycles. The molecule has 1 aromatic rings. The lowest BCUT2D eigenvalue weighted by Gasteiger charge is -2.08. The van der Waals surface area contributed by atoms with Gasteiger partial charge in [-0.25, -0.2) is 0 Å².